The van der Waals surface area contributed by atoms with E-state index in [1.54, 1.807) is 6.92 Å². The molecule has 0 aromatic heterocycles. The van der Waals surface area contributed by atoms with Crippen molar-refractivity contribution >= 4 is 29.9 Å². The Labute approximate surface area is 133 Å². The lowest BCUT2D eigenvalue weighted by Gasteiger charge is -2.18. The monoisotopic (exact) mass is 333 g/mol. The lowest BCUT2D eigenvalue weighted by Crippen LogP contribution is -2.42. The first-order chi connectivity index (χ1) is 9.92. The molecule has 1 unspecified atom stereocenters. The van der Waals surface area contributed by atoms with Gasteiger partial charge in [0.2, 0.25) is 11.8 Å². The highest BCUT2D eigenvalue weighted by Crippen LogP contribution is 2.28. The lowest BCUT2D eigenvalue weighted by atomic mass is 10.1. The molecule has 1 aliphatic heterocycles. The highest BCUT2D eigenvalue weighted by molar-refractivity contribution is 6.00. The van der Waals surface area contributed by atoms with Crippen LogP contribution in [0.3, 0.4) is 0 Å². The van der Waals surface area contributed by atoms with Gasteiger partial charge in [-0.1, -0.05) is 0 Å². The van der Waals surface area contributed by atoms with Crippen LogP contribution in [0.4, 0.5) is 14.5 Å². The van der Waals surface area contributed by atoms with Crippen LogP contribution in [0.1, 0.15) is 13.3 Å². The van der Waals surface area contributed by atoms with Gasteiger partial charge in [0.15, 0.2) is 0 Å². The summed E-state index contributed by atoms with van der Waals surface area (Å²) in [5.41, 5.74) is 5.41. The third-order valence-corrected chi connectivity index (χ3v) is 3.44. The highest BCUT2D eigenvalue weighted by atomic mass is 35.5. The van der Waals surface area contributed by atoms with E-state index >= 15 is 0 Å². The number of amides is 2. The van der Waals surface area contributed by atoms with Crippen molar-refractivity contribution in [2.75, 3.05) is 18.0 Å². The molecule has 2 atom stereocenters. The SMILES string of the molecule is C[C@@H](CN)NC(=O)C1CC(=O)N(c2ccc(F)cc2F)C1.Cl. The van der Waals surface area contributed by atoms with Crippen LogP contribution in [0.5, 0.6) is 0 Å². The second kappa shape index (κ2) is 7.51. The Balaban J connectivity index is 0.00000242. The van der Waals surface area contributed by atoms with Crippen LogP contribution < -0.4 is 16.0 Å². The summed E-state index contributed by atoms with van der Waals surface area (Å²) >= 11 is 0. The van der Waals surface area contributed by atoms with Crippen LogP contribution in [-0.2, 0) is 9.59 Å². The van der Waals surface area contributed by atoms with Crippen LogP contribution in [0.25, 0.3) is 0 Å². The fourth-order valence-corrected chi connectivity index (χ4v) is 2.24. The van der Waals surface area contributed by atoms with Gasteiger partial charge >= 0.3 is 0 Å². The number of benzene rings is 1. The van der Waals surface area contributed by atoms with Gasteiger partial charge < -0.3 is 16.0 Å². The molecule has 3 N–H and O–H groups in total. The molecule has 0 aliphatic carbocycles. The standard InChI is InChI=1S/C14H17F2N3O2.ClH/c1-8(6-17)18-14(21)9-4-13(20)19(7-9)12-3-2-10(15)5-11(12)16;/h2-3,5,8-9H,4,6-7,17H2,1H3,(H,18,21);1H/t8-,9?;/m0./s1. The molecule has 1 heterocycles. The fourth-order valence-electron chi connectivity index (χ4n) is 2.24. The Kier molecular flexibility index (Phi) is 6.25. The molecule has 8 heteroatoms. The number of nitrogens with zero attached hydrogens (tertiary/aromatic N) is 1. The fraction of sp³-hybridized carbons (Fsp3) is 0.429. The molecular formula is C14H18ClF2N3O2. The first-order valence-corrected chi connectivity index (χ1v) is 6.68. The van der Waals surface area contributed by atoms with E-state index in [9.17, 15) is 18.4 Å². The minimum Gasteiger partial charge on any atom is -0.352 e. The minimum absolute atomic E-state index is 0. The van der Waals surface area contributed by atoms with E-state index in [0.717, 1.165) is 6.07 Å². The molecule has 1 aromatic rings. The number of halogens is 3. The zero-order chi connectivity index (χ0) is 15.6. The average Bonchev–Trinajstić information content (AvgIpc) is 2.80. The summed E-state index contributed by atoms with van der Waals surface area (Å²) in [6, 6.07) is 2.80. The summed E-state index contributed by atoms with van der Waals surface area (Å²) in [5.74, 6) is -2.74. The summed E-state index contributed by atoms with van der Waals surface area (Å²) in [6.07, 6.45) is -0.0000583. The van der Waals surface area contributed by atoms with Gasteiger partial charge in [0.25, 0.3) is 0 Å². The van der Waals surface area contributed by atoms with Crippen molar-refractivity contribution in [3.05, 3.63) is 29.8 Å². The highest BCUT2D eigenvalue weighted by Gasteiger charge is 2.36. The molecule has 1 aromatic carbocycles. The molecule has 0 saturated carbocycles. The second-order valence-electron chi connectivity index (χ2n) is 5.15. The van der Waals surface area contributed by atoms with Crippen LogP contribution in [0, 0.1) is 17.6 Å². The van der Waals surface area contributed by atoms with Gasteiger partial charge in [-0.2, -0.15) is 0 Å². The van der Waals surface area contributed by atoms with E-state index in [2.05, 4.69) is 5.32 Å². The molecule has 0 spiro atoms. The topological polar surface area (TPSA) is 75.4 Å². The zero-order valence-corrected chi connectivity index (χ0v) is 12.8. The van der Waals surface area contributed by atoms with E-state index in [-0.39, 0.29) is 48.9 Å². The molecule has 1 saturated heterocycles. The molecule has 22 heavy (non-hydrogen) atoms. The summed E-state index contributed by atoms with van der Waals surface area (Å²) in [6.45, 7) is 2.12. The minimum atomic E-state index is -0.820. The molecule has 1 fully saturated rings. The van der Waals surface area contributed by atoms with Gasteiger partial charge in [0, 0.05) is 31.6 Å². The summed E-state index contributed by atoms with van der Waals surface area (Å²) in [4.78, 5) is 25.1. The van der Waals surface area contributed by atoms with Crippen molar-refractivity contribution in [2.45, 2.75) is 19.4 Å². The third kappa shape index (κ3) is 3.92. The number of carbonyl (C=O) groups excluding carboxylic acids is 2. The summed E-state index contributed by atoms with van der Waals surface area (Å²) in [7, 11) is 0. The Morgan fingerprint density at radius 1 is 1.50 bits per heavy atom. The molecule has 2 rings (SSSR count). The van der Waals surface area contributed by atoms with Gasteiger partial charge in [-0.15, -0.1) is 12.4 Å². The van der Waals surface area contributed by atoms with Gasteiger partial charge in [-0.05, 0) is 19.1 Å². The molecule has 5 nitrogen and oxygen atoms in total. The lowest BCUT2D eigenvalue weighted by molar-refractivity contribution is -0.126. The van der Waals surface area contributed by atoms with Crippen molar-refractivity contribution in [3.8, 4) is 0 Å². The maximum absolute atomic E-state index is 13.7. The van der Waals surface area contributed by atoms with Crippen LogP contribution in [0.15, 0.2) is 18.2 Å². The molecule has 2 amide bonds. The number of hydrogen-bond donors (Lipinski definition) is 2. The van der Waals surface area contributed by atoms with Crippen molar-refractivity contribution in [2.24, 2.45) is 11.7 Å². The van der Waals surface area contributed by atoms with Crippen molar-refractivity contribution in [3.63, 3.8) is 0 Å². The van der Waals surface area contributed by atoms with Gasteiger partial charge in [0.05, 0.1) is 11.6 Å². The average molecular weight is 334 g/mol. The normalized spacial score (nSPS) is 18.8. The molecule has 0 radical (unpaired) electrons. The maximum Gasteiger partial charge on any atom is 0.227 e. The number of hydrogen-bond acceptors (Lipinski definition) is 3. The number of carbonyl (C=O) groups is 2. The van der Waals surface area contributed by atoms with Crippen molar-refractivity contribution in [1.29, 1.82) is 0 Å². The summed E-state index contributed by atoms with van der Waals surface area (Å²) < 4.78 is 26.6. The van der Waals surface area contributed by atoms with Gasteiger partial charge in [-0.25, -0.2) is 8.78 Å². The molecule has 122 valence electrons. The third-order valence-electron chi connectivity index (χ3n) is 3.44. The Morgan fingerprint density at radius 3 is 2.77 bits per heavy atom. The van der Waals surface area contributed by atoms with Crippen molar-refractivity contribution in [1.82, 2.24) is 5.32 Å². The predicted molar refractivity (Wildman–Crippen MR) is 80.7 cm³/mol. The van der Waals surface area contributed by atoms with E-state index in [1.165, 1.54) is 11.0 Å². The van der Waals surface area contributed by atoms with E-state index in [0.29, 0.717) is 12.6 Å². The van der Waals surface area contributed by atoms with E-state index < -0.39 is 17.6 Å². The Hall–Kier alpha value is -1.73. The zero-order valence-electron chi connectivity index (χ0n) is 12.0. The first kappa shape index (κ1) is 18.3. The number of anilines is 1. The maximum atomic E-state index is 13.7. The van der Waals surface area contributed by atoms with E-state index in [1.807, 2.05) is 0 Å². The van der Waals surface area contributed by atoms with E-state index in [4.69, 9.17) is 5.73 Å². The van der Waals surface area contributed by atoms with Crippen LogP contribution >= 0.6 is 12.4 Å². The number of nitrogens with one attached hydrogen (secondary N) is 1. The molecule has 1 aliphatic rings. The first-order valence-electron chi connectivity index (χ1n) is 6.68. The predicted octanol–water partition coefficient (Wildman–Crippen LogP) is 1.20. The summed E-state index contributed by atoms with van der Waals surface area (Å²) in [5, 5.41) is 2.69. The van der Waals surface area contributed by atoms with Crippen LogP contribution in [-0.4, -0.2) is 30.9 Å². The quantitative estimate of drug-likeness (QED) is 0.869. The van der Waals surface area contributed by atoms with Gasteiger partial charge in [-0.3, -0.25) is 9.59 Å². The Morgan fingerprint density at radius 2 is 2.18 bits per heavy atom. The van der Waals surface area contributed by atoms with Crippen molar-refractivity contribution < 1.29 is 18.4 Å². The molecule has 0 bridgehead atoms. The Bertz CT molecular complexity index is 571. The van der Waals surface area contributed by atoms with Crippen LogP contribution in [0.2, 0.25) is 0 Å². The molecular weight excluding hydrogens is 316 g/mol. The smallest absolute Gasteiger partial charge is 0.227 e. The number of nitrogens with two attached hydrogens (primary N) is 1. The number of rotatable bonds is 4. The largest absolute Gasteiger partial charge is 0.352 e. The van der Waals surface area contributed by atoms with Gasteiger partial charge in [0.1, 0.15) is 11.6 Å². The second-order valence-corrected chi connectivity index (χ2v) is 5.15.